The zero-order valence-corrected chi connectivity index (χ0v) is 12.9. The van der Waals surface area contributed by atoms with Gasteiger partial charge in [0.2, 0.25) is 0 Å². The number of phenolic OH excluding ortho intramolecular Hbond substituents is 2. The molecular weight excluding hydrogens is 266 g/mol. The molecule has 0 heterocycles. The second-order valence-corrected chi connectivity index (χ2v) is 6.73. The van der Waals surface area contributed by atoms with Gasteiger partial charge in [-0.2, -0.15) is 0 Å². The van der Waals surface area contributed by atoms with Crippen LogP contribution in [0.2, 0.25) is 0 Å². The number of hydrogen-bond acceptors (Lipinski definition) is 3. The number of aromatic hydroxyl groups is 2. The van der Waals surface area contributed by atoms with Gasteiger partial charge in [-0.25, -0.2) is 0 Å². The van der Waals surface area contributed by atoms with Crippen LogP contribution >= 0.6 is 0 Å². The molecule has 4 nitrogen and oxygen atoms in total. The summed E-state index contributed by atoms with van der Waals surface area (Å²) in [7, 11) is 0. The molecular formula is C17H25NO3. The molecule has 3 N–H and O–H groups in total. The number of amides is 1. The van der Waals surface area contributed by atoms with Crippen LogP contribution in [0.15, 0.2) is 18.2 Å². The first-order valence-electron chi connectivity index (χ1n) is 7.71. The van der Waals surface area contributed by atoms with Gasteiger partial charge >= 0.3 is 0 Å². The van der Waals surface area contributed by atoms with Crippen LogP contribution in [0.4, 0.5) is 0 Å². The quantitative estimate of drug-likeness (QED) is 0.778. The Morgan fingerprint density at radius 2 is 1.76 bits per heavy atom. The molecule has 2 rings (SSSR count). The Morgan fingerprint density at radius 3 is 2.29 bits per heavy atom. The van der Waals surface area contributed by atoms with E-state index in [9.17, 15) is 15.0 Å². The van der Waals surface area contributed by atoms with Crippen LogP contribution in [0.25, 0.3) is 0 Å². The predicted molar refractivity (Wildman–Crippen MR) is 82.5 cm³/mol. The van der Waals surface area contributed by atoms with Gasteiger partial charge in [-0.1, -0.05) is 26.7 Å². The first-order valence-corrected chi connectivity index (χ1v) is 7.71. The van der Waals surface area contributed by atoms with E-state index >= 15 is 0 Å². The summed E-state index contributed by atoms with van der Waals surface area (Å²) >= 11 is 0. The fraction of sp³-hybridized carbons (Fsp3) is 0.588. The summed E-state index contributed by atoms with van der Waals surface area (Å²) in [6.07, 6.45) is 5.91. The molecule has 116 valence electrons. The predicted octanol–water partition coefficient (Wildman–Crippen LogP) is 3.43. The monoisotopic (exact) mass is 291 g/mol. The van der Waals surface area contributed by atoms with E-state index in [0.717, 1.165) is 19.3 Å². The Balaban J connectivity index is 2.01. The molecule has 0 aliphatic heterocycles. The molecule has 1 aliphatic carbocycles. The summed E-state index contributed by atoms with van der Waals surface area (Å²) in [6, 6.07) is 3.96. The number of rotatable bonds is 5. The minimum atomic E-state index is -0.240. The van der Waals surface area contributed by atoms with Crippen LogP contribution in [0.3, 0.4) is 0 Å². The largest absolute Gasteiger partial charge is 0.508 e. The fourth-order valence-corrected chi connectivity index (χ4v) is 3.54. The van der Waals surface area contributed by atoms with E-state index in [0.29, 0.717) is 18.0 Å². The van der Waals surface area contributed by atoms with Crippen molar-refractivity contribution in [1.29, 1.82) is 0 Å². The van der Waals surface area contributed by atoms with Crippen molar-refractivity contribution >= 4 is 5.91 Å². The van der Waals surface area contributed by atoms with Crippen molar-refractivity contribution in [3.05, 3.63) is 23.8 Å². The van der Waals surface area contributed by atoms with Gasteiger partial charge < -0.3 is 15.5 Å². The van der Waals surface area contributed by atoms with E-state index in [4.69, 9.17) is 0 Å². The average Bonchev–Trinajstić information content (AvgIpc) is 2.83. The van der Waals surface area contributed by atoms with Crippen molar-refractivity contribution in [2.24, 2.45) is 11.3 Å². The Hall–Kier alpha value is -1.71. The van der Waals surface area contributed by atoms with Crippen molar-refractivity contribution in [3.63, 3.8) is 0 Å². The van der Waals surface area contributed by atoms with Gasteiger partial charge in [-0.15, -0.1) is 0 Å². The van der Waals surface area contributed by atoms with Crippen LogP contribution < -0.4 is 5.32 Å². The minimum Gasteiger partial charge on any atom is -0.508 e. The molecule has 0 aromatic heterocycles. The van der Waals surface area contributed by atoms with Gasteiger partial charge in [0, 0.05) is 18.2 Å². The molecule has 0 bridgehead atoms. The SMILES string of the molecule is CC(C)CC1(CNC(=O)c2cc(O)cc(O)c2)CCCC1. The molecule has 0 spiro atoms. The molecule has 1 fully saturated rings. The van der Waals surface area contributed by atoms with Crippen LogP contribution in [-0.4, -0.2) is 22.7 Å². The zero-order chi connectivity index (χ0) is 15.5. The topological polar surface area (TPSA) is 69.6 Å². The van der Waals surface area contributed by atoms with Crippen molar-refractivity contribution in [2.75, 3.05) is 6.54 Å². The van der Waals surface area contributed by atoms with Crippen molar-refractivity contribution in [3.8, 4) is 11.5 Å². The summed E-state index contributed by atoms with van der Waals surface area (Å²) in [4.78, 5) is 12.2. The second-order valence-electron chi connectivity index (χ2n) is 6.73. The lowest BCUT2D eigenvalue weighted by atomic mass is 9.78. The van der Waals surface area contributed by atoms with Crippen molar-refractivity contribution in [2.45, 2.75) is 46.0 Å². The van der Waals surface area contributed by atoms with E-state index in [1.807, 2.05) is 0 Å². The summed E-state index contributed by atoms with van der Waals surface area (Å²) in [5.41, 5.74) is 0.507. The van der Waals surface area contributed by atoms with Gasteiger partial charge in [0.05, 0.1) is 0 Å². The highest BCUT2D eigenvalue weighted by Gasteiger charge is 2.34. The number of phenols is 2. The molecule has 0 radical (unpaired) electrons. The van der Waals surface area contributed by atoms with Crippen LogP contribution in [0.1, 0.15) is 56.3 Å². The summed E-state index contributed by atoms with van der Waals surface area (Å²) in [5.74, 6) is 0.178. The van der Waals surface area contributed by atoms with Gasteiger partial charge in [0.1, 0.15) is 11.5 Å². The van der Waals surface area contributed by atoms with E-state index in [-0.39, 0.29) is 22.8 Å². The highest BCUT2D eigenvalue weighted by atomic mass is 16.3. The van der Waals surface area contributed by atoms with Gasteiger partial charge in [-0.3, -0.25) is 4.79 Å². The molecule has 1 saturated carbocycles. The van der Waals surface area contributed by atoms with Crippen LogP contribution in [0, 0.1) is 11.3 Å². The zero-order valence-electron chi connectivity index (χ0n) is 12.9. The number of benzene rings is 1. The third kappa shape index (κ3) is 4.13. The summed E-state index contributed by atoms with van der Waals surface area (Å²) in [6.45, 7) is 5.10. The van der Waals surface area contributed by atoms with Crippen LogP contribution in [0.5, 0.6) is 11.5 Å². The lowest BCUT2D eigenvalue weighted by Gasteiger charge is -2.31. The first-order chi connectivity index (χ1) is 9.90. The molecule has 0 saturated heterocycles. The fourth-order valence-electron chi connectivity index (χ4n) is 3.54. The van der Waals surface area contributed by atoms with E-state index in [2.05, 4.69) is 19.2 Å². The highest BCUT2D eigenvalue weighted by Crippen LogP contribution is 2.42. The van der Waals surface area contributed by atoms with Crippen molar-refractivity contribution in [1.82, 2.24) is 5.32 Å². The highest BCUT2D eigenvalue weighted by molar-refractivity contribution is 5.95. The van der Waals surface area contributed by atoms with E-state index in [1.165, 1.54) is 31.0 Å². The average molecular weight is 291 g/mol. The molecule has 0 atom stereocenters. The Morgan fingerprint density at radius 1 is 1.19 bits per heavy atom. The molecule has 1 aromatic rings. The third-order valence-corrected chi connectivity index (χ3v) is 4.29. The van der Waals surface area contributed by atoms with Crippen molar-refractivity contribution < 1.29 is 15.0 Å². The Kier molecular flexibility index (Phi) is 4.76. The molecule has 0 unspecified atom stereocenters. The Labute approximate surface area is 126 Å². The first kappa shape index (κ1) is 15.7. The number of carbonyl (C=O) groups excluding carboxylic acids is 1. The number of hydrogen-bond donors (Lipinski definition) is 3. The summed E-state index contributed by atoms with van der Waals surface area (Å²) in [5, 5.41) is 21.9. The maximum atomic E-state index is 12.2. The maximum Gasteiger partial charge on any atom is 0.251 e. The summed E-state index contributed by atoms with van der Waals surface area (Å²) < 4.78 is 0. The van der Waals surface area contributed by atoms with Gasteiger partial charge in [-0.05, 0) is 42.7 Å². The van der Waals surface area contributed by atoms with E-state index < -0.39 is 0 Å². The minimum absolute atomic E-state index is 0.0992. The number of nitrogens with one attached hydrogen (secondary N) is 1. The molecule has 1 amide bonds. The number of carbonyl (C=O) groups is 1. The Bertz CT molecular complexity index is 485. The molecule has 4 heteroatoms. The van der Waals surface area contributed by atoms with Crippen LogP contribution in [-0.2, 0) is 0 Å². The second kappa shape index (κ2) is 6.37. The smallest absolute Gasteiger partial charge is 0.251 e. The maximum absolute atomic E-state index is 12.2. The van der Waals surface area contributed by atoms with Gasteiger partial charge in [0.25, 0.3) is 5.91 Å². The lowest BCUT2D eigenvalue weighted by molar-refractivity contribution is 0.0921. The normalized spacial score (nSPS) is 17.1. The molecule has 21 heavy (non-hydrogen) atoms. The van der Waals surface area contributed by atoms with E-state index in [1.54, 1.807) is 0 Å². The lowest BCUT2D eigenvalue weighted by Crippen LogP contribution is -2.36. The molecule has 1 aromatic carbocycles. The molecule has 1 aliphatic rings. The third-order valence-electron chi connectivity index (χ3n) is 4.29. The standard InChI is InChI=1S/C17H25NO3/c1-12(2)10-17(5-3-4-6-17)11-18-16(21)13-7-14(19)9-15(20)8-13/h7-9,12,19-20H,3-6,10-11H2,1-2H3,(H,18,21). The van der Waals surface area contributed by atoms with Gasteiger partial charge in [0.15, 0.2) is 0 Å².